The molecule has 1 aliphatic heterocycles. The van der Waals surface area contributed by atoms with Crippen molar-refractivity contribution >= 4 is 5.82 Å². The molecule has 3 atom stereocenters. The molecule has 1 fully saturated rings. The van der Waals surface area contributed by atoms with Crippen molar-refractivity contribution in [3.8, 4) is 0 Å². The van der Waals surface area contributed by atoms with Crippen LogP contribution in [-0.4, -0.2) is 44.1 Å². The number of hydrogen-bond donors (Lipinski definition) is 3. The van der Waals surface area contributed by atoms with Crippen LogP contribution in [-0.2, 0) is 4.74 Å². The molecule has 0 radical (unpaired) electrons. The molecule has 0 aliphatic carbocycles. The number of nitrogens with zero attached hydrogens (tertiary/aromatic N) is 2. The van der Waals surface area contributed by atoms with Crippen LogP contribution in [0.15, 0.2) is 29.2 Å². The number of nitrogen functional groups attached to an aromatic ring is 1. The van der Waals surface area contributed by atoms with Crippen LogP contribution in [0.3, 0.4) is 0 Å². The first kappa shape index (κ1) is 14.3. The fourth-order valence-electron chi connectivity index (χ4n) is 1.70. The van der Waals surface area contributed by atoms with Gasteiger partial charge in [-0.25, -0.2) is 4.79 Å². The molecule has 100 valence electrons. The second kappa shape index (κ2) is 5.27. The lowest BCUT2D eigenvalue weighted by Gasteiger charge is -2.14. The third-order valence-electron chi connectivity index (χ3n) is 2.64. The van der Waals surface area contributed by atoms with Crippen LogP contribution in [0.25, 0.3) is 0 Å². The molecule has 1 saturated heterocycles. The Morgan fingerprint density at radius 1 is 1.61 bits per heavy atom. The minimum Gasteiger partial charge on any atom is -0.412 e. The van der Waals surface area contributed by atoms with Crippen LogP contribution in [0.4, 0.5) is 5.82 Å². The van der Waals surface area contributed by atoms with Crippen molar-refractivity contribution in [3.63, 3.8) is 0 Å². The van der Waals surface area contributed by atoms with Gasteiger partial charge in [0.05, 0.1) is 6.61 Å². The van der Waals surface area contributed by atoms with Crippen molar-refractivity contribution in [3.05, 3.63) is 34.9 Å². The van der Waals surface area contributed by atoms with Crippen molar-refractivity contribution in [2.75, 3.05) is 12.3 Å². The Balaban J connectivity index is 0.00000162. The Morgan fingerprint density at radius 2 is 2.28 bits per heavy atom. The van der Waals surface area contributed by atoms with E-state index in [1.807, 2.05) is 0 Å². The Hall–Kier alpha value is -1.74. The maximum Gasteiger partial charge on any atom is 0.351 e. The molecule has 1 aliphatic rings. The highest BCUT2D eigenvalue weighted by Crippen LogP contribution is 2.31. The van der Waals surface area contributed by atoms with Gasteiger partial charge in [-0.1, -0.05) is 6.58 Å². The number of aliphatic hydroxyl groups excluding tert-OH is 2. The summed E-state index contributed by atoms with van der Waals surface area (Å²) in [7, 11) is 0. The zero-order valence-corrected chi connectivity index (χ0v) is 9.48. The molecule has 6 N–H and O–H groups in total. The van der Waals surface area contributed by atoms with Gasteiger partial charge in [-0.05, 0) is 6.07 Å². The molecule has 2 heterocycles. The summed E-state index contributed by atoms with van der Waals surface area (Å²) in [5.74, 6) is 0.106. The van der Waals surface area contributed by atoms with Gasteiger partial charge in [0.15, 0.2) is 6.23 Å². The molecule has 1 aromatic heterocycles. The number of hydrogen-bond acceptors (Lipinski definition) is 6. The minimum atomic E-state index is -1.01. The minimum absolute atomic E-state index is 0. The van der Waals surface area contributed by atoms with E-state index < -0.39 is 24.1 Å². The molecule has 1 aromatic rings. The van der Waals surface area contributed by atoms with E-state index in [1.165, 1.54) is 12.3 Å². The third-order valence-corrected chi connectivity index (χ3v) is 2.64. The molecule has 18 heavy (non-hydrogen) atoms. The van der Waals surface area contributed by atoms with Crippen LogP contribution in [0.2, 0.25) is 0 Å². The molecule has 8 heteroatoms. The summed E-state index contributed by atoms with van der Waals surface area (Å²) in [5, 5.41) is 18.7. The molecule has 0 amide bonds. The van der Waals surface area contributed by atoms with Crippen molar-refractivity contribution in [2.24, 2.45) is 0 Å². The second-order valence-electron chi connectivity index (χ2n) is 3.77. The van der Waals surface area contributed by atoms with E-state index in [0.717, 1.165) is 4.57 Å². The highest BCUT2D eigenvalue weighted by atomic mass is 16.5. The molecular weight excluding hydrogens is 242 g/mol. The Labute approximate surface area is 102 Å². The van der Waals surface area contributed by atoms with Crippen LogP contribution in [0.5, 0.6) is 0 Å². The molecule has 0 spiro atoms. The van der Waals surface area contributed by atoms with Crippen molar-refractivity contribution in [1.29, 1.82) is 0 Å². The summed E-state index contributed by atoms with van der Waals surface area (Å²) in [4.78, 5) is 15.1. The molecule has 2 rings (SSSR count). The second-order valence-corrected chi connectivity index (χ2v) is 3.77. The van der Waals surface area contributed by atoms with Crippen molar-refractivity contribution in [2.45, 2.75) is 18.4 Å². The highest BCUT2D eigenvalue weighted by Gasteiger charge is 2.38. The molecular formula is C10H15N3O5. The van der Waals surface area contributed by atoms with Crippen molar-refractivity contribution < 1.29 is 20.4 Å². The van der Waals surface area contributed by atoms with E-state index in [1.54, 1.807) is 0 Å². The van der Waals surface area contributed by atoms with Gasteiger partial charge in [0.25, 0.3) is 0 Å². The smallest absolute Gasteiger partial charge is 0.351 e. The van der Waals surface area contributed by atoms with E-state index in [-0.39, 0.29) is 17.9 Å². The van der Waals surface area contributed by atoms with Gasteiger partial charge in [0.2, 0.25) is 0 Å². The summed E-state index contributed by atoms with van der Waals surface area (Å²) < 4.78 is 6.49. The third kappa shape index (κ3) is 2.27. The first-order valence-electron chi connectivity index (χ1n) is 5.02. The largest absolute Gasteiger partial charge is 0.412 e. The van der Waals surface area contributed by atoms with Gasteiger partial charge in [0.1, 0.15) is 18.0 Å². The maximum absolute atomic E-state index is 11.6. The normalized spacial score (nSPS) is 27.0. The standard InChI is InChI=1S/C10H13N3O4.H2O/c1-5-8(15)6(4-14)17-9(5)13-3-2-7(11)12-10(13)16;/h2-3,6,8-9,14-15H,1,4H2,(H2,11,12,16);1H2/t6-,8?,9-;/m1./s1. The van der Waals surface area contributed by atoms with E-state index in [9.17, 15) is 9.90 Å². The summed E-state index contributed by atoms with van der Waals surface area (Å²) >= 11 is 0. The van der Waals surface area contributed by atoms with Crippen LogP contribution < -0.4 is 11.4 Å². The van der Waals surface area contributed by atoms with E-state index in [4.69, 9.17) is 15.6 Å². The average Bonchev–Trinajstić information content (AvgIpc) is 2.57. The fraction of sp³-hybridized carbons (Fsp3) is 0.400. The first-order chi connectivity index (χ1) is 8.04. The van der Waals surface area contributed by atoms with E-state index in [2.05, 4.69) is 11.6 Å². The zero-order valence-electron chi connectivity index (χ0n) is 9.48. The summed E-state index contributed by atoms with van der Waals surface area (Å²) in [5.41, 5.74) is 5.07. The molecule has 1 unspecified atom stereocenters. The molecule has 0 saturated carbocycles. The Kier molecular flexibility index (Phi) is 4.19. The number of aliphatic hydroxyl groups is 2. The molecule has 8 nitrogen and oxygen atoms in total. The lowest BCUT2D eigenvalue weighted by atomic mass is 10.1. The predicted octanol–water partition coefficient (Wildman–Crippen LogP) is -2.19. The summed E-state index contributed by atoms with van der Waals surface area (Å²) in [6, 6.07) is 1.44. The number of nitrogens with two attached hydrogens (primary N) is 1. The predicted molar refractivity (Wildman–Crippen MR) is 62.7 cm³/mol. The van der Waals surface area contributed by atoms with Gasteiger partial charge in [-0.2, -0.15) is 4.98 Å². The van der Waals surface area contributed by atoms with Gasteiger partial charge in [-0.3, -0.25) is 4.57 Å². The number of ether oxygens (including phenoxy) is 1. The average molecular weight is 257 g/mol. The quantitative estimate of drug-likeness (QED) is 0.513. The van der Waals surface area contributed by atoms with Gasteiger partial charge >= 0.3 is 5.69 Å². The summed E-state index contributed by atoms with van der Waals surface area (Å²) in [6.45, 7) is 3.30. The summed E-state index contributed by atoms with van der Waals surface area (Å²) in [6.07, 6.45) is -1.21. The van der Waals surface area contributed by atoms with Gasteiger partial charge < -0.3 is 26.2 Å². The topological polar surface area (TPSA) is 142 Å². The van der Waals surface area contributed by atoms with E-state index in [0.29, 0.717) is 5.57 Å². The van der Waals surface area contributed by atoms with Gasteiger partial charge in [0, 0.05) is 11.8 Å². The van der Waals surface area contributed by atoms with Crippen LogP contribution >= 0.6 is 0 Å². The maximum atomic E-state index is 11.6. The zero-order chi connectivity index (χ0) is 12.6. The monoisotopic (exact) mass is 257 g/mol. The lowest BCUT2D eigenvalue weighted by molar-refractivity contribution is -0.0447. The van der Waals surface area contributed by atoms with E-state index >= 15 is 0 Å². The van der Waals surface area contributed by atoms with Gasteiger partial charge in [-0.15, -0.1) is 0 Å². The van der Waals surface area contributed by atoms with Crippen LogP contribution in [0, 0.1) is 0 Å². The first-order valence-corrected chi connectivity index (χ1v) is 5.02. The SMILES string of the molecule is C=C1C(O)[C@@H](CO)O[C@H]1n1ccc(N)nc1=O.O. The Bertz CT molecular complexity index is 501. The van der Waals surface area contributed by atoms with Crippen molar-refractivity contribution in [1.82, 2.24) is 9.55 Å². The fourth-order valence-corrected chi connectivity index (χ4v) is 1.70. The lowest BCUT2D eigenvalue weighted by Crippen LogP contribution is -2.28. The highest BCUT2D eigenvalue weighted by molar-refractivity contribution is 5.24. The number of aromatic nitrogens is 2. The van der Waals surface area contributed by atoms with Crippen LogP contribution in [0.1, 0.15) is 6.23 Å². The Morgan fingerprint density at radius 3 is 2.78 bits per heavy atom. The number of rotatable bonds is 2. The molecule has 0 aromatic carbocycles. The number of anilines is 1. The molecule has 0 bridgehead atoms.